The number of rotatable bonds is 5. The molecule has 0 unspecified atom stereocenters. The standard InChI is InChI=1S/C68H48BN3S/c1-41-18-15-19-42(2)62(41)64-48-24-7-5-22-45(48)34-38-56(64)71-58-31-17-32-59-66(58)69(53-37-36-47(40-60(53)71)70-54-29-12-9-26-50(54)51-27-10-13-30-55(51)70)68-67(52-28-11-14-33-61(52)73-68)72(59)57-39-35-46-23-6-8-25-49(46)65(57)63-43(3)20-16-21-44(63)4/h5-40H,1-4H3. The predicted molar refractivity (Wildman–Crippen MR) is 315 cm³/mol. The van der Waals surface area contributed by atoms with Gasteiger partial charge in [0, 0.05) is 59.5 Å². The minimum atomic E-state index is -0.0403. The van der Waals surface area contributed by atoms with Crippen molar-refractivity contribution in [2.24, 2.45) is 0 Å². The molecule has 0 aliphatic carbocycles. The van der Waals surface area contributed by atoms with Gasteiger partial charge >= 0.3 is 0 Å². The molecule has 0 fully saturated rings. The third-order valence-electron chi connectivity index (χ3n) is 16.1. The molecule has 0 amide bonds. The Hall–Kier alpha value is -8.64. The van der Waals surface area contributed by atoms with Crippen LogP contribution in [0.3, 0.4) is 0 Å². The molecule has 344 valence electrons. The Kier molecular flexibility index (Phi) is 9.19. The molecule has 15 rings (SSSR count). The Morgan fingerprint density at radius 1 is 0.356 bits per heavy atom. The van der Waals surface area contributed by atoms with Crippen LogP contribution in [0.2, 0.25) is 0 Å². The van der Waals surface area contributed by atoms with Crippen LogP contribution >= 0.6 is 11.3 Å². The largest absolute Gasteiger partial charge is 0.311 e. The number of nitrogens with zero attached hydrogens (tertiary/aromatic N) is 3. The van der Waals surface area contributed by atoms with Crippen LogP contribution in [0.25, 0.3) is 81.4 Å². The zero-order valence-electron chi connectivity index (χ0n) is 41.1. The highest BCUT2D eigenvalue weighted by Crippen LogP contribution is 2.53. The van der Waals surface area contributed by atoms with E-state index in [2.05, 4.69) is 260 Å². The zero-order chi connectivity index (χ0) is 48.6. The Bertz CT molecular complexity index is 4390. The molecule has 0 spiro atoms. The summed E-state index contributed by atoms with van der Waals surface area (Å²) in [6.45, 7) is 9.06. The van der Waals surface area contributed by atoms with E-state index in [1.54, 1.807) is 0 Å². The first kappa shape index (κ1) is 42.1. The number of aryl methyl sites for hydroxylation is 4. The topological polar surface area (TPSA) is 11.4 Å². The Morgan fingerprint density at radius 3 is 1.42 bits per heavy atom. The molecular weight excluding hydrogens is 902 g/mol. The van der Waals surface area contributed by atoms with E-state index in [0.717, 1.165) is 5.69 Å². The third-order valence-corrected chi connectivity index (χ3v) is 17.3. The first-order valence-corrected chi connectivity index (χ1v) is 26.3. The molecule has 0 saturated carbocycles. The van der Waals surface area contributed by atoms with Crippen LogP contribution in [0.5, 0.6) is 0 Å². The summed E-state index contributed by atoms with van der Waals surface area (Å²) in [6.07, 6.45) is 0. The molecule has 73 heavy (non-hydrogen) atoms. The van der Waals surface area contributed by atoms with Crippen LogP contribution in [-0.2, 0) is 0 Å². The SMILES string of the molecule is Cc1cccc(C)c1-c1c(N2c3cc(-n4c5ccccc5c5ccccc54)ccc3B3c4sc5ccccc5c4N(c4ccc5ccccc5c4-c4c(C)cccc4C)c4cccc2c43)ccc2ccccc12. The lowest BCUT2D eigenvalue weighted by atomic mass is 9.36. The highest BCUT2D eigenvalue weighted by molar-refractivity contribution is 7.33. The summed E-state index contributed by atoms with van der Waals surface area (Å²) in [7, 11) is 0. The number of para-hydroxylation sites is 2. The molecule has 0 N–H and O–H groups in total. The summed E-state index contributed by atoms with van der Waals surface area (Å²) < 4.78 is 5.13. The average molecular weight is 950 g/mol. The van der Waals surface area contributed by atoms with Gasteiger partial charge in [-0.2, -0.15) is 0 Å². The minimum absolute atomic E-state index is 0.0403. The first-order chi connectivity index (χ1) is 35.9. The zero-order valence-corrected chi connectivity index (χ0v) is 41.9. The second-order valence-corrected chi connectivity index (χ2v) is 21.2. The molecule has 5 heteroatoms. The molecule has 2 aromatic heterocycles. The number of thiophene rings is 1. The van der Waals surface area contributed by atoms with Crippen molar-refractivity contribution in [2.45, 2.75) is 27.7 Å². The van der Waals surface area contributed by atoms with Crippen LogP contribution in [0.4, 0.5) is 34.1 Å². The quantitative estimate of drug-likeness (QED) is 0.159. The minimum Gasteiger partial charge on any atom is -0.311 e. The fourth-order valence-corrected chi connectivity index (χ4v) is 14.4. The summed E-state index contributed by atoms with van der Waals surface area (Å²) in [5.74, 6) is 0. The molecule has 0 saturated heterocycles. The van der Waals surface area contributed by atoms with Crippen molar-refractivity contribution in [3.05, 3.63) is 241 Å². The van der Waals surface area contributed by atoms with Crippen LogP contribution in [0.15, 0.2) is 218 Å². The predicted octanol–water partition coefficient (Wildman–Crippen LogP) is 17.0. The van der Waals surface area contributed by atoms with E-state index in [-0.39, 0.29) is 6.71 Å². The van der Waals surface area contributed by atoms with Crippen molar-refractivity contribution in [1.29, 1.82) is 0 Å². The first-order valence-electron chi connectivity index (χ1n) is 25.5. The maximum absolute atomic E-state index is 2.65. The molecule has 13 aromatic rings. The number of fused-ring (bicyclic) bond motifs is 11. The number of hydrogen-bond acceptors (Lipinski definition) is 3. The van der Waals surface area contributed by atoms with E-state index in [1.165, 1.54) is 148 Å². The summed E-state index contributed by atoms with van der Waals surface area (Å²) in [5.41, 5.74) is 23.5. The van der Waals surface area contributed by atoms with Crippen molar-refractivity contribution in [2.75, 3.05) is 9.80 Å². The van der Waals surface area contributed by atoms with E-state index in [4.69, 9.17) is 0 Å². The number of benzene rings is 11. The van der Waals surface area contributed by atoms with Gasteiger partial charge in [-0.3, -0.25) is 0 Å². The average Bonchev–Trinajstić information content (AvgIpc) is 4.03. The van der Waals surface area contributed by atoms with Gasteiger partial charge in [0.05, 0.1) is 28.1 Å². The van der Waals surface area contributed by atoms with Crippen LogP contribution < -0.4 is 25.5 Å². The molecule has 0 bridgehead atoms. The van der Waals surface area contributed by atoms with Crippen LogP contribution in [0, 0.1) is 27.7 Å². The van der Waals surface area contributed by atoms with Gasteiger partial charge in [-0.25, -0.2) is 0 Å². The van der Waals surface area contributed by atoms with Crippen LogP contribution in [-0.4, -0.2) is 11.3 Å². The molecule has 4 heterocycles. The van der Waals surface area contributed by atoms with Crippen molar-refractivity contribution < 1.29 is 0 Å². The smallest absolute Gasteiger partial charge is 0.264 e. The fourth-order valence-electron chi connectivity index (χ4n) is 13.0. The Labute approximate surface area is 429 Å². The maximum atomic E-state index is 2.65. The van der Waals surface area contributed by atoms with Crippen molar-refractivity contribution in [1.82, 2.24) is 4.57 Å². The highest BCUT2D eigenvalue weighted by atomic mass is 32.1. The lowest BCUT2D eigenvalue weighted by molar-refractivity contribution is 1.17. The lowest BCUT2D eigenvalue weighted by Crippen LogP contribution is -2.60. The lowest BCUT2D eigenvalue weighted by Gasteiger charge is -2.44. The Morgan fingerprint density at radius 2 is 0.836 bits per heavy atom. The summed E-state index contributed by atoms with van der Waals surface area (Å²) >= 11 is 1.96. The molecule has 0 radical (unpaired) electrons. The highest BCUT2D eigenvalue weighted by Gasteiger charge is 2.46. The van der Waals surface area contributed by atoms with Gasteiger partial charge in [-0.1, -0.05) is 164 Å². The van der Waals surface area contributed by atoms with Crippen molar-refractivity contribution in [3.63, 3.8) is 0 Å². The van der Waals surface area contributed by atoms with Gasteiger partial charge < -0.3 is 14.4 Å². The fraction of sp³-hybridized carbons (Fsp3) is 0.0588. The van der Waals surface area contributed by atoms with E-state index in [1.807, 2.05) is 11.3 Å². The Balaban J connectivity index is 1.09. The van der Waals surface area contributed by atoms with Gasteiger partial charge in [-0.05, 0) is 148 Å². The second-order valence-electron chi connectivity index (χ2n) is 20.1. The van der Waals surface area contributed by atoms with Gasteiger partial charge in [0.25, 0.3) is 6.71 Å². The molecule has 11 aromatic carbocycles. The van der Waals surface area contributed by atoms with E-state index in [0.29, 0.717) is 0 Å². The molecule has 2 aliphatic rings. The monoisotopic (exact) mass is 949 g/mol. The van der Waals surface area contributed by atoms with E-state index in [9.17, 15) is 0 Å². The van der Waals surface area contributed by atoms with Gasteiger partial charge in [-0.15, -0.1) is 11.3 Å². The summed E-state index contributed by atoms with van der Waals surface area (Å²) in [5, 5.41) is 8.74. The van der Waals surface area contributed by atoms with Crippen molar-refractivity contribution >= 4 is 121 Å². The molecule has 3 nitrogen and oxygen atoms in total. The summed E-state index contributed by atoms with van der Waals surface area (Å²) in [6, 6.07) is 82.1. The second kappa shape index (κ2) is 15.9. The van der Waals surface area contributed by atoms with Gasteiger partial charge in [0.2, 0.25) is 0 Å². The van der Waals surface area contributed by atoms with Crippen LogP contribution in [0.1, 0.15) is 22.3 Å². The molecular formula is C68H48BN3S. The van der Waals surface area contributed by atoms with E-state index < -0.39 is 0 Å². The maximum Gasteiger partial charge on any atom is 0.264 e. The number of hydrogen-bond donors (Lipinski definition) is 0. The van der Waals surface area contributed by atoms with Gasteiger partial charge in [0.1, 0.15) is 0 Å². The number of aromatic nitrogens is 1. The van der Waals surface area contributed by atoms with Crippen molar-refractivity contribution in [3.8, 4) is 27.9 Å². The molecule has 2 aliphatic heterocycles. The summed E-state index contributed by atoms with van der Waals surface area (Å²) in [4.78, 5) is 5.29. The van der Waals surface area contributed by atoms with E-state index >= 15 is 0 Å². The normalized spacial score (nSPS) is 12.8. The van der Waals surface area contributed by atoms with Gasteiger partial charge in [0.15, 0.2) is 0 Å². The molecule has 0 atom stereocenters. The number of anilines is 6. The third kappa shape index (κ3) is 6.00.